The van der Waals surface area contributed by atoms with Crippen LogP contribution < -0.4 is 24.8 Å². The van der Waals surface area contributed by atoms with Crippen molar-refractivity contribution in [2.24, 2.45) is 17.8 Å². The molecule has 5 aliphatic heterocycles. The summed E-state index contributed by atoms with van der Waals surface area (Å²) in [6, 6.07) is 8.32. The number of halogens is 2. The Balaban J connectivity index is 0.00000203. The number of H-pyrrole nitrogens is 2. The number of aromatic nitrogens is 2. The number of fused-ring (bicyclic) bond motifs is 8. The largest absolute Gasteiger partial charge is 1.00 e. The molecule has 51 heavy (non-hydrogen) atoms. The third-order valence-electron chi connectivity index (χ3n) is 14.4. The molecule has 0 saturated carbocycles. The smallest absolute Gasteiger partial charge is 0.137 e. The minimum absolute atomic E-state index is 0. The molecule has 10 heteroatoms. The molecule has 0 radical (unpaired) electrons. The van der Waals surface area contributed by atoms with Crippen LogP contribution in [0.3, 0.4) is 0 Å². The normalized spacial score (nSPS) is 35.0. The zero-order chi connectivity index (χ0) is 34.1. The molecule has 9 atom stereocenters. The number of allylic oxidation sites excluding steroid dienone is 2. The maximum atomic E-state index is 11.9. The molecule has 3 saturated heterocycles. The van der Waals surface area contributed by atoms with Crippen molar-refractivity contribution < 1.29 is 54.2 Å². The number of aromatic amines is 2. The molecule has 2 aromatic carbocycles. The van der Waals surface area contributed by atoms with E-state index in [1.54, 1.807) is 12.1 Å². The highest BCUT2D eigenvalue weighted by Crippen LogP contribution is 2.62. The van der Waals surface area contributed by atoms with Gasteiger partial charge in [-0.1, -0.05) is 24.6 Å². The Morgan fingerprint density at radius 3 is 2.18 bits per heavy atom. The number of phenolic OH excluding ortho intramolecular Hbond substituents is 2. The molecule has 4 aromatic rings. The van der Waals surface area contributed by atoms with Crippen LogP contribution in [0.25, 0.3) is 32.9 Å². The molecule has 0 aliphatic carbocycles. The molecule has 0 amide bonds. The van der Waals surface area contributed by atoms with Crippen molar-refractivity contribution in [1.82, 2.24) is 9.97 Å². The van der Waals surface area contributed by atoms with E-state index in [0.717, 1.165) is 69.7 Å². The summed E-state index contributed by atoms with van der Waals surface area (Å²) in [6.45, 7) is 9.88. The van der Waals surface area contributed by atoms with Gasteiger partial charge in [-0.25, -0.2) is 0 Å². The number of piperidine rings is 2. The quantitative estimate of drug-likeness (QED) is 0.137. The zero-order valence-corrected chi connectivity index (χ0v) is 31.8. The first kappa shape index (κ1) is 36.4. The molecule has 9 rings (SSSR count). The van der Waals surface area contributed by atoms with E-state index in [0.29, 0.717) is 23.5 Å². The first-order chi connectivity index (χ1) is 23.6. The van der Waals surface area contributed by atoms with Gasteiger partial charge < -0.3 is 64.2 Å². The van der Waals surface area contributed by atoms with Gasteiger partial charge in [0.1, 0.15) is 30.1 Å². The maximum Gasteiger partial charge on any atom is 0.137 e. The summed E-state index contributed by atoms with van der Waals surface area (Å²) in [6.07, 6.45) is 8.14. The number of phenols is 2. The van der Waals surface area contributed by atoms with Gasteiger partial charge in [0.15, 0.2) is 0 Å². The molecular weight excluding hydrogens is 683 g/mol. The monoisotopic (exact) mass is 734 g/mol. The Labute approximate surface area is 312 Å². The van der Waals surface area contributed by atoms with Gasteiger partial charge in [-0.05, 0) is 67.2 Å². The first-order valence-corrected chi connectivity index (χ1v) is 18.5. The third kappa shape index (κ3) is 4.72. The Morgan fingerprint density at radius 1 is 0.882 bits per heavy atom. The summed E-state index contributed by atoms with van der Waals surface area (Å²) in [5.74, 6) is 1.37. The highest BCUT2D eigenvalue weighted by molar-refractivity contribution is 6.11. The average molecular weight is 736 g/mol. The van der Waals surface area contributed by atoms with Crippen molar-refractivity contribution in [2.45, 2.75) is 70.5 Å². The number of hydrogen-bond acceptors (Lipinski definition) is 4. The SMILES string of the molecule is C/C=C1/CC[N+]2(C)[C@@H]3c4[nH]c5ccc(O)c(-c6c(O)ccc7[nH]c8c(c67)[C@@H](CCO)C[N+]6(C)C/C(=C/C)C(C)C[C@@H]86)c5c4C[C@H]2[C@H](CO)C13.[Cl-].[Cl-]. The Kier molecular flexibility index (Phi) is 8.96. The summed E-state index contributed by atoms with van der Waals surface area (Å²) in [5, 5.41) is 47.0. The highest BCUT2D eigenvalue weighted by Gasteiger charge is 2.65. The molecule has 3 fully saturated rings. The van der Waals surface area contributed by atoms with Crippen LogP contribution in [0.2, 0.25) is 0 Å². The van der Waals surface area contributed by atoms with Crippen molar-refractivity contribution in [1.29, 1.82) is 0 Å². The summed E-state index contributed by atoms with van der Waals surface area (Å²) in [4.78, 5) is 7.74. The van der Waals surface area contributed by atoms with Crippen LogP contribution in [-0.2, 0) is 6.42 Å². The van der Waals surface area contributed by atoms with Crippen LogP contribution in [0.15, 0.2) is 47.6 Å². The first-order valence-electron chi connectivity index (χ1n) is 18.5. The van der Waals surface area contributed by atoms with Crippen LogP contribution in [-0.4, -0.2) is 92.3 Å². The van der Waals surface area contributed by atoms with E-state index in [2.05, 4.69) is 57.0 Å². The number of aliphatic hydroxyl groups excluding tert-OH is 2. The zero-order valence-electron chi connectivity index (χ0n) is 30.3. The van der Waals surface area contributed by atoms with Gasteiger partial charge in [-0.15, -0.1) is 0 Å². The topological polar surface area (TPSA) is 112 Å². The van der Waals surface area contributed by atoms with E-state index in [1.165, 1.54) is 33.7 Å². The fourth-order valence-electron chi connectivity index (χ4n) is 12.2. The molecule has 7 heterocycles. The number of nitrogens with zero attached hydrogens (tertiary/aromatic N) is 2. The summed E-state index contributed by atoms with van der Waals surface area (Å²) in [7, 11) is 4.76. The second kappa shape index (κ2) is 12.6. The van der Waals surface area contributed by atoms with Crippen LogP contribution in [0.1, 0.15) is 80.6 Å². The molecular formula is C41H52Cl2N4O4. The van der Waals surface area contributed by atoms with E-state index in [4.69, 9.17) is 0 Å². The second-order valence-electron chi connectivity index (χ2n) is 16.6. The molecule has 4 unspecified atom stereocenters. The predicted molar refractivity (Wildman–Crippen MR) is 193 cm³/mol. The lowest BCUT2D eigenvalue weighted by Crippen LogP contribution is -3.00. The van der Waals surface area contributed by atoms with E-state index in [-0.39, 0.29) is 85.4 Å². The highest BCUT2D eigenvalue weighted by atomic mass is 35.5. The molecule has 2 aromatic heterocycles. The number of nitrogens with one attached hydrogen (secondary N) is 2. The van der Waals surface area contributed by atoms with E-state index in [1.807, 2.05) is 12.1 Å². The van der Waals surface area contributed by atoms with Gasteiger partial charge in [0.2, 0.25) is 0 Å². The average Bonchev–Trinajstić information content (AvgIpc) is 3.65. The van der Waals surface area contributed by atoms with Gasteiger partial charge in [0.05, 0.1) is 51.2 Å². The van der Waals surface area contributed by atoms with Gasteiger partial charge >= 0.3 is 0 Å². The number of quaternary nitrogens is 2. The number of rotatable bonds is 4. The Morgan fingerprint density at radius 2 is 1.53 bits per heavy atom. The van der Waals surface area contributed by atoms with E-state index in [9.17, 15) is 20.4 Å². The van der Waals surface area contributed by atoms with Crippen molar-refractivity contribution >= 4 is 21.8 Å². The number of aliphatic hydroxyl groups is 2. The van der Waals surface area contributed by atoms with Crippen LogP contribution >= 0.6 is 0 Å². The summed E-state index contributed by atoms with van der Waals surface area (Å²) >= 11 is 0. The van der Waals surface area contributed by atoms with E-state index >= 15 is 0 Å². The van der Waals surface area contributed by atoms with Crippen molar-refractivity contribution in [3.05, 3.63) is 70.1 Å². The van der Waals surface area contributed by atoms with Crippen molar-refractivity contribution in [3.63, 3.8) is 0 Å². The fraction of sp³-hybridized carbons (Fsp3) is 0.512. The molecule has 8 nitrogen and oxygen atoms in total. The maximum absolute atomic E-state index is 11.9. The Bertz CT molecular complexity index is 2100. The van der Waals surface area contributed by atoms with E-state index < -0.39 is 0 Å². The second-order valence-corrected chi connectivity index (χ2v) is 16.6. The number of benzene rings is 2. The minimum atomic E-state index is 0. The Hall–Kier alpha value is -2.98. The standard InChI is InChI=1S/C41H50N4O4.2ClH/c1-6-22-12-14-45(5)29-17-25-35-27(42-39(25)41(45)33(22)26(29)20-47)8-10-31(48)37(35)38-32(49)11-9-28-36(38)34-24(13-15-46)19-44(4)18-23(7-2)21(3)16-30(44)40(34)43-28;;/h6-11,21,24,26,29-30,33,41-43,46-47H,12-20H2,1-5H3;2*1H/b22-6-,23-7-;;/t21?,24-,26-,29-,30-,33?,41-,44?,45?;;/m0../s1. The summed E-state index contributed by atoms with van der Waals surface area (Å²) in [5.41, 5.74) is 11.2. The lowest BCUT2D eigenvalue weighted by Gasteiger charge is -2.52. The molecule has 6 N–H and O–H groups in total. The number of hydrogen-bond donors (Lipinski definition) is 6. The molecule has 4 bridgehead atoms. The lowest BCUT2D eigenvalue weighted by atomic mass is 9.76. The molecule has 5 aliphatic rings. The van der Waals surface area contributed by atoms with Crippen LogP contribution in [0.5, 0.6) is 11.5 Å². The number of likely N-dealkylation sites (N-methyl/N-ethyl adjacent to an activating group) is 2. The molecule has 274 valence electrons. The van der Waals surface area contributed by atoms with Gasteiger partial charge in [-0.3, -0.25) is 0 Å². The third-order valence-corrected chi connectivity index (χ3v) is 14.4. The lowest BCUT2D eigenvalue weighted by molar-refractivity contribution is -0.956. The van der Waals surface area contributed by atoms with Crippen LogP contribution in [0, 0.1) is 17.8 Å². The van der Waals surface area contributed by atoms with Gasteiger partial charge in [0, 0.05) is 76.6 Å². The minimum Gasteiger partial charge on any atom is -1.00 e. The molecule has 0 spiro atoms. The summed E-state index contributed by atoms with van der Waals surface area (Å²) < 4.78 is 1.85. The van der Waals surface area contributed by atoms with Gasteiger partial charge in [-0.2, -0.15) is 0 Å². The van der Waals surface area contributed by atoms with Crippen molar-refractivity contribution in [2.75, 3.05) is 46.9 Å². The predicted octanol–water partition coefficient (Wildman–Crippen LogP) is 0.690. The number of aromatic hydroxyl groups is 2. The van der Waals surface area contributed by atoms with Gasteiger partial charge in [0.25, 0.3) is 0 Å². The van der Waals surface area contributed by atoms with Crippen molar-refractivity contribution in [3.8, 4) is 22.6 Å². The fourth-order valence-corrected chi connectivity index (χ4v) is 12.2. The van der Waals surface area contributed by atoms with Crippen LogP contribution in [0.4, 0.5) is 0 Å².